The molecule has 1 aromatic heterocycles. The van der Waals surface area contributed by atoms with Crippen LogP contribution in [0.1, 0.15) is 33.1 Å². The second-order valence-electron chi connectivity index (χ2n) is 12.9. The molecule has 1 aromatic rings. The van der Waals surface area contributed by atoms with Crippen LogP contribution in [0.5, 0.6) is 5.75 Å². The maximum atomic E-state index is 15.2. The van der Waals surface area contributed by atoms with E-state index in [4.69, 9.17) is 14.2 Å². The molecule has 5 aliphatic rings. The summed E-state index contributed by atoms with van der Waals surface area (Å²) in [5, 5.41) is 15.5. The minimum absolute atomic E-state index is 0.0107. The number of amides is 4. The van der Waals surface area contributed by atoms with Gasteiger partial charge >= 0.3 is 6.09 Å². The van der Waals surface area contributed by atoms with E-state index in [1.165, 1.54) is 30.2 Å². The molecule has 6 rings (SSSR count). The number of nitrogens with one attached hydrogen (secondary N) is 2. The zero-order valence-electron chi connectivity index (χ0n) is 25.1. The van der Waals surface area contributed by atoms with Crippen LogP contribution in [0, 0.1) is 40.9 Å². The molecule has 10 atom stereocenters. The predicted molar refractivity (Wildman–Crippen MR) is 151 cm³/mol. The predicted octanol–water partition coefficient (Wildman–Crippen LogP) is 1.49. The van der Waals surface area contributed by atoms with Gasteiger partial charge in [0, 0.05) is 26.3 Å². The lowest BCUT2D eigenvalue weighted by Gasteiger charge is -2.38. The zero-order chi connectivity index (χ0) is 31.5. The molecule has 44 heavy (non-hydrogen) atoms. The van der Waals surface area contributed by atoms with Gasteiger partial charge in [0.2, 0.25) is 17.4 Å². The Labute approximate surface area is 254 Å². The molecule has 4 heterocycles. The van der Waals surface area contributed by atoms with Crippen molar-refractivity contribution in [2.75, 3.05) is 32.6 Å². The van der Waals surface area contributed by atoms with Crippen LogP contribution in [-0.2, 0) is 23.9 Å². The van der Waals surface area contributed by atoms with E-state index in [-0.39, 0.29) is 43.1 Å². The summed E-state index contributed by atoms with van der Waals surface area (Å²) < 4.78 is 31.8. The average molecular weight is 613 g/mol. The van der Waals surface area contributed by atoms with E-state index in [1.807, 2.05) is 13.8 Å². The van der Waals surface area contributed by atoms with Crippen LogP contribution in [0.3, 0.4) is 0 Å². The standard InChI is InChI=1S/C30H37FN6O7/c1-14(2)24(42-3)22(34-29(41)43-4)26(38)36-12-18-15-8-17(19(31)9-15)21(18)23(36)27(39)37-13-30(10-16(37)11-32)28(40)35-25-20(44-30)6-5-7-33-25/h5-7,14-19,21-24H,8-10,12-13H2,1-4H3,(H,34,41)(H,33,35,40)/t15-,16-,17+,18+,19+,21-,22-,23-,24-,30+/m0/s1. The number of likely N-dealkylation sites (tertiary alicyclic amines) is 2. The maximum absolute atomic E-state index is 15.2. The summed E-state index contributed by atoms with van der Waals surface area (Å²) in [5.74, 6) is -2.25. The lowest BCUT2D eigenvalue weighted by Crippen LogP contribution is -2.61. The fourth-order valence-corrected chi connectivity index (χ4v) is 8.36. The number of pyridine rings is 1. The van der Waals surface area contributed by atoms with Gasteiger partial charge in [0.15, 0.2) is 11.6 Å². The number of nitrogens with zero attached hydrogens (tertiary/aromatic N) is 4. The number of nitriles is 1. The summed E-state index contributed by atoms with van der Waals surface area (Å²) >= 11 is 0. The van der Waals surface area contributed by atoms with Crippen LogP contribution in [-0.4, -0.2) is 102 Å². The van der Waals surface area contributed by atoms with E-state index in [2.05, 4.69) is 21.7 Å². The number of alkyl halides is 1. The number of carbonyl (C=O) groups excluding carboxylic acids is 4. The molecule has 13 nitrogen and oxygen atoms in total. The van der Waals surface area contributed by atoms with Crippen LogP contribution >= 0.6 is 0 Å². The van der Waals surface area contributed by atoms with Crippen molar-refractivity contribution in [3.05, 3.63) is 18.3 Å². The van der Waals surface area contributed by atoms with E-state index in [0.717, 1.165) is 0 Å². The van der Waals surface area contributed by atoms with Gasteiger partial charge in [0.1, 0.15) is 24.3 Å². The van der Waals surface area contributed by atoms with Crippen molar-refractivity contribution in [2.45, 2.75) is 69.1 Å². The van der Waals surface area contributed by atoms with Crippen LogP contribution in [0.15, 0.2) is 18.3 Å². The summed E-state index contributed by atoms with van der Waals surface area (Å²) in [6, 6.07) is 2.11. The highest BCUT2D eigenvalue weighted by Crippen LogP contribution is 2.59. The van der Waals surface area contributed by atoms with Crippen molar-refractivity contribution in [1.29, 1.82) is 5.26 Å². The smallest absolute Gasteiger partial charge is 0.407 e. The van der Waals surface area contributed by atoms with Crippen molar-refractivity contribution in [2.24, 2.45) is 29.6 Å². The maximum Gasteiger partial charge on any atom is 0.407 e. The molecule has 4 fully saturated rings. The number of hydrogen-bond donors (Lipinski definition) is 2. The fourth-order valence-electron chi connectivity index (χ4n) is 8.36. The van der Waals surface area contributed by atoms with E-state index >= 15 is 4.39 Å². The van der Waals surface area contributed by atoms with E-state index in [1.54, 1.807) is 12.1 Å². The van der Waals surface area contributed by atoms with Gasteiger partial charge < -0.3 is 34.6 Å². The monoisotopic (exact) mass is 612 g/mol. The molecule has 1 spiro atoms. The van der Waals surface area contributed by atoms with Crippen LogP contribution in [0.25, 0.3) is 0 Å². The minimum Gasteiger partial charge on any atom is -0.472 e. The summed E-state index contributed by atoms with van der Waals surface area (Å²) in [7, 11) is 2.62. The second kappa shape index (κ2) is 11.2. The molecule has 0 unspecified atom stereocenters. The third-order valence-electron chi connectivity index (χ3n) is 10.3. The van der Waals surface area contributed by atoms with Crippen molar-refractivity contribution in [1.82, 2.24) is 20.1 Å². The Morgan fingerprint density at radius 3 is 2.70 bits per heavy atom. The quantitative estimate of drug-likeness (QED) is 0.485. The highest BCUT2D eigenvalue weighted by atomic mass is 19.1. The highest BCUT2D eigenvalue weighted by Gasteiger charge is 2.65. The van der Waals surface area contributed by atoms with Gasteiger partial charge in [-0.25, -0.2) is 14.2 Å². The van der Waals surface area contributed by atoms with Gasteiger partial charge in [-0.3, -0.25) is 14.4 Å². The van der Waals surface area contributed by atoms with Gasteiger partial charge in [0.25, 0.3) is 5.91 Å². The van der Waals surface area contributed by atoms with Gasteiger partial charge in [-0.1, -0.05) is 13.8 Å². The Kier molecular flexibility index (Phi) is 7.63. The van der Waals surface area contributed by atoms with Gasteiger partial charge in [-0.05, 0) is 54.6 Å². The molecule has 4 amide bonds. The number of rotatable bonds is 6. The molecule has 2 aliphatic carbocycles. The minimum atomic E-state index is -1.54. The van der Waals surface area contributed by atoms with Crippen LogP contribution in [0.4, 0.5) is 15.0 Å². The van der Waals surface area contributed by atoms with Crippen molar-refractivity contribution in [3.8, 4) is 11.8 Å². The Balaban J connectivity index is 1.35. The molecule has 3 aliphatic heterocycles. The zero-order valence-corrected chi connectivity index (χ0v) is 25.1. The highest BCUT2D eigenvalue weighted by molar-refractivity contribution is 6.01. The third kappa shape index (κ3) is 4.63. The Bertz CT molecular complexity index is 1400. The number of carbonyl (C=O) groups is 4. The average Bonchev–Trinajstić information content (AvgIpc) is 3.76. The van der Waals surface area contributed by atoms with E-state index < -0.39 is 71.7 Å². The molecule has 2 bridgehead atoms. The third-order valence-corrected chi connectivity index (χ3v) is 10.3. The van der Waals surface area contributed by atoms with Crippen LogP contribution < -0.4 is 15.4 Å². The number of alkyl carbamates (subject to hydrolysis) is 1. The summed E-state index contributed by atoms with van der Waals surface area (Å²) in [6.45, 7) is 3.65. The van der Waals surface area contributed by atoms with Crippen molar-refractivity contribution < 1.29 is 37.8 Å². The normalized spacial score (nSPS) is 34.6. The molecule has 0 aromatic carbocycles. The van der Waals surface area contributed by atoms with Crippen molar-refractivity contribution >= 4 is 29.6 Å². The number of methoxy groups -OCH3 is 2. The molecular formula is C30H37FN6O7. The number of anilines is 1. The first kappa shape index (κ1) is 30.1. The van der Waals surface area contributed by atoms with E-state index in [0.29, 0.717) is 18.6 Å². The molecule has 14 heteroatoms. The molecular weight excluding hydrogens is 575 g/mol. The summed E-state index contributed by atoms with van der Waals surface area (Å²) in [4.78, 5) is 61.5. The molecule has 2 saturated carbocycles. The number of fused-ring (bicyclic) bond motifs is 6. The van der Waals surface area contributed by atoms with E-state index in [9.17, 15) is 24.4 Å². The Morgan fingerprint density at radius 1 is 1.25 bits per heavy atom. The number of halogens is 1. The first-order valence-electron chi connectivity index (χ1n) is 15.0. The van der Waals surface area contributed by atoms with Crippen molar-refractivity contribution in [3.63, 3.8) is 0 Å². The lowest BCUT2D eigenvalue weighted by molar-refractivity contribution is -0.150. The summed E-state index contributed by atoms with van der Waals surface area (Å²) in [5.41, 5.74) is -1.54. The Hall–Kier alpha value is -3.99. The molecule has 236 valence electrons. The SMILES string of the molecule is COC(=O)N[C@H](C(=O)N1C[C@@H]2[C@H]3C[C@@H]([C@@H]2[C@H]1C(=O)N1C[C@@]2(C[C@H]1C#N)Oc1cccnc1NC2=O)[C@H](F)C3)[C@@H](OC)C(C)C. The second-order valence-corrected chi connectivity index (χ2v) is 12.9. The first-order chi connectivity index (χ1) is 21.0. The Morgan fingerprint density at radius 2 is 2.02 bits per heavy atom. The number of ether oxygens (including phenoxy) is 3. The van der Waals surface area contributed by atoms with Gasteiger partial charge in [-0.2, -0.15) is 5.26 Å². The largest absolute Gasteiger partial charge is 0.472 e. The van der Waals surface area contributed by atoms with Gasteiger partial charge in [0.05, 0.1) is 25.8 Å². The topological polar surface area (TPSA) is 163 Å². The molecule has 0 radical (unpaired) electrons. The fraction of sp³-hybridized carbons (Fsp3) is 0.667. The molecule has 2 saturated heterocycles. The van der Waals surface area contributed by atoms with Gasteiger partial charge in [-0.15, -0.1) is 0 Å². The lowest BCUT2D eigenvalue weighted by atomic mass is 9.77. The number of aromatic nitrogens is 1. The first-order valence-corrected chi connectivity index (χ1v) is 15.0. The van der Waals surface area contributed by atoms with Crippen LogP contribution in [0.2, 0.25) is 0 Å². The summed E-state index contributed by atoms with van der Waals surface area (Å²) in [6.07, 6.45) is -0.273. The number of hydrogen-bond acceptors (Lipinski definition) is 9. The molecule has 2 N–H and O–H groups in total.